The summed E-state index contributed by atoms with van der Waals surface area (Å²) in [6.45, 7) is 4.76. The molecular weight excluding hydrogens is 283 g/mol. The zero-order chi connectivity index (χ0) is 15.4. The van der Waals surface area contributed by atoms with Crippen LogP contribution in [0.15, 0.2) is 12.1 Å². The van der Waals surface area contributed by atoms with E-state index < -0.39 is 23.4 Å². The van der Waals surface area contributed by atoms with Gasteiger partial charge in [0.25, 0.3) is 5.91 Å². The molecule has 1 heterocycles. The molecule has 0 aliphatic carbocycles. The van der Waals surface area contributed by atoms with Crippen LogP contribution in [0.1, 0.15) is 10.4 Å². The first-order valence-electron chi connectivity index (χ1n) is 6.82. The third-order valence-electron chi connectivity index (χ3n) is 3.54. The van der Waals surface area contributed by atoms with Gasteiger partial charge in [-0.25, -0.2) is 13.2 Å². The minimum absolute atomic E-state index is 0.186. The van der Waals surface area contributed by atoms with E-state index in [9.17, 15) is 18.0 Å². The van der Waals surface area contributed by atoms with Gasteiger partial charge in [-0.3, -0.25) is 9.69 Å². The highest BCUT2D eigenvalue weighted by Crippen LogP contribution is 2.14. The normalized spacial score (nSPS) is 16.0. The lowest BCUT2D eigenvalue weighted by Gasteiger charge is -2.29. The molecule has 0 radical (unpaired) electrons. The molecule has 1 aromatic rings. The van der Waals surface area contributed by atoms with E-state index in [2.05, 4.69) is 10.2 Å². The summed E-state index contributed by atoms with van der Waals surface area (Å²) in [5.74, 6) is -4.79. The number of piperazine rings is 1. The van der Waals surface area contributed by atoms with Gasteiger partial charge in [0, 0.05) is 51.9 Å². The van der Waals surface area contributed by atoms with Gasteiger partial charge < -0.3 is 10.2 Å². The SMILES string of the molecule is CN(CCN1CCNCC1)C(=O)c1cc(F)c(F)c(F)c1. The predicted octanol–water partition coefficient (Wildman–Crippen LogP) is 1.08. The summed E-state index contributed by atoms with van der Waals surface area (Å²) in [7, 11) is 1.56. The van der Waals surface area contributed by atoms with Crippen molar-refractivity contribution in [1.82, 2.24) is 15.1 Å². The molecule has 1 fully saturated rings. The van der Waals surface area contributed by atoms with E-state index in [0.29, 0.717) is 13.1 Å². The van der Waals surface area contributed by atoms with Crippen LogP contribution in [-0.4, -0.2) is 62.0 Å². The van der Waals surface area contributed by atoms with Gasteiger partial charge in [0.1, 0.15) is 0 Å². The van der Waals surface area contributed by atoms with Gasteiger partial charge in [-0.2, -0.15) is 0 Å². The molecule has 1 aromatic carbocycles. The molecule has 4 nitrogen and oxygen atoms in total. The highest BCUT2D eigenvalue weighted by atomic mass is 19.2. The number of likely N-dealkylation sites (N-methyl/N-ethyl adjacent to an activating group) is 1. The van der Waals surface area contributed by atoms with Gasteiger partial charge in [0.15, 0.2) is 17.5 Å². The third kappa shape index (κ3) is 3.95. The fourth-order valence-electron chi connectivity index (χ4n) is 2.23. The number of benzene rings is 1. The molecule has 0 atom stereocenters. The number of nitrogens with one attached hydrogen (secondary N) is 1. The van der Waals surface area contributed by atoms with Crippen LogP contribution < -0.4 is 5.32 Å². The first kappa shape index (κ1) is 15.8. The van der Waals surface area contributed by atoms with Crippen molar-refractivity contribution in [2.45, 2.75) is 0 Å². The Morgan fingerprint density at radius 3 is 2.38 bits per heavy atom. The monoisotopic (exact) mass is 301 g/mol. The number of carbonyl (C=O) groups excluding carboxylic acids is 1. The van der Waals surface area contributed by atoms with E-state index in [1.807, 2.05) is 0 Å². The van der Waals surface area contributed by atoms with E-state index in [0.717, 1.165) is 38.3 Å². The van der Waals surface area contributed by atoms with E-state index in [4.69, 9.17) is 0 Å². The van der Waals surface area contributed by atoms with Gasteiger partial charge in [-0.05, 0) is 12.1 Å². The standard InChI is InChI=1S/C14H18F3N3O/c1-19(6-7-20-4-2-18-3-5-20)14(21)10-8-11(15)13(17)12(16)9-10/h8-9,18H,2-7H2,1H3. The van der Waals surface area contributed by atoms with Gasteiger partial charge in [0.2, 0.25) is 0 Å². The van der Waals surface area contributed by atoms with Crippen LogP contribution in [0, 0.1) is 17.5 Å². The van der Waals surface area contributed by atoms with E-state index in [1.54, 1.807) is 7.05 Å². The number of hydrogen-bond donors (Lipinski definition) is 1. The van der Waals surface area contributed by atoms with Crippen molar-refractivity contribution in [3.8, 4) is 0 Å². The number of carbonyl (C=O) groups is 1. The van der Waals surface area contributed by atoms with Crippen LogP contribution in [-0.2, 0) is 0 Å². The van der Waals surface area contributed by atoms with Gasteiger partial charge >= 0.3 is 0 Å². The molecule has 1 N–H and O–H groups in total. The maximum atomic E-state index is 13.1. The van der Waals surface area contributed by atoms with Gasteiger partial charge in [0.05, 0.1) is 0 Å². The number of halogens is 3. The second kappa shape index (κ2) is 6.91. The summed E-state index contributed by atoms with van der Waals surface area (Å²) in [5.41, 5.74) is -0.186. The molecule has 0 spiro atoms. The van der Waals surface area contributed by atoms with Crippen LogP contribution in [0.5, 0.6) is 0 Å². The first-order valence-corrected chi connectivity index (χ1v) is 6.82. The lowest BCUT2D eigenvalue weighted by molar-refractivity contribution is 0.0773. The summed E-state index contributed by atoms with van der Waals surface area (Å²) in [6, 6.07) is 1.45. The quantitative estimate of drug-likeness (QED) is 0.846. The van der Waals surface area contributed by atoms with Crippen molar-refractivity contribution in [2.24, 2.45) is 0 Å². The lowest BCUT2D eigenvalue weighted by atomic mass is 10.2. The Balaban J connectivity index is 1.95. The number of amides is 1. The molecule has 0 bridgehead atoms. The molecule has 1 saturated heterocycles. The zero-order valence-electron chi connectivity index (χ0n) is 11.8. The van der Waals surface area contributed by atoms with Crippen LogP contribution >= 0.6 is 0 Å². The molecule has 21 heavy (non-hydrogen) atoms. The molecule has 0 unspecified atom stereocenters. The molecule has 1 aliphatic rings. The lowest BCUT2D eigenvalue weighted by Crippen LogP contribution is -2.46. The van der Waals surface area contributed by atoms with Gasteiger partial charge in [-0.1, -0.05) is 0 Å². The summed E-state index contributed by atoms with van der Waals surface area (Å²) < 4.78 is 39.2. The molecule has 2 rings (SSSR count). The molecule has 0 aromatic heterocycles. The Morgan fingerprint density at radius 2 is 1.81 bits per heavy atom. The van der Waals surface area contributed by atoms with Crippen LogP contribution in [0.25, 0.3) is 0 Å². The highest BCUT2D eigenvalue weighted by molar-refractivity contribution is 5.94. The minimum Gasteiger partial charge on any atom is -0.340 e. The zero-order valence-corrected chi connectivity index (χ0v) is 11.8. The Morgan fingerprint density at radius 1 is 1.24 bits per heavy atom. The average Bonchev–Trinajstić information content (AvgIpc) is 2.50. The van der Waals surface area contributed by atoms with Crippen molar-refractivity contribution in [2.75, 3.05) is 46.3 Å². The van der Waals surface area contributed by atoms with Crippen molar-refractivity contribution < 1.29 is 18.0 Å². The maximum Gasteiger partial charge on any atom is 0.253 e. The van der Waals surface area contributed by atoms with Crippen LogP contribution in [0.2, 0.25) is 0 Å². The third-order valence-corrected chi connectivity index (χ3v) is 3.54. The van der Waals surface area contributed by atoms with Crippen molar-refractivity contribution >= 4 is 5.91 Å². The average molecular weight is 301 g/mol. The Bertz CT molecular complexity index is 495. The fourth-order valence-corrected chi connectivity index (χ4v) is 2.23. The molecule has 0 saturated carbocycles. The second-order valence-corrected chi connectivity index (χ2v) is 5.07. The van der Waals surface area contributed by atoms with Crippen molar-refractivity contribution in [1.29, 1.82) is 0 Å². The molecular formula is C14H18F3N3O. The summed E-state index contributed by atoms with van der Waals surface area (Å²) in [4.78, 5) is 15.7. The fraction of sp³-hybridized carbons (Fsp3) is 0.500. The predicted molar refractivity (Wildman–Crippen MR) is 72.6 cm³/mol. The van der Waals surface area contributed by atoms with E-state index in [1.165, 1.54) is 4.90 Å². The molecule has 7 heteroatoms. The topological polar surface area (TPSA) is 35.6 Å². The van der Waals surface area contributed by atoms with Crippen molar-refractivity contribution in [3.05, 3.63) is 35.1 Å². The van der Waals surface area contributed by atoms with Gasteiger partial charge in [-0.15, -0.1) is 0 Å². The molecule has 1 aliphatic heterocycles. The number of rotatable bonds is 4. The largest absolute Gasteiger partial charge is 0.340 e. The van der Waals surface area contributed by atoms with Crippen LogP contribution in [0.4, 0.5) is 13.2 Å². The minimum atomic E-state index is -1.56. The van der Waals surface area contributed by atoms with Crippen molar-refractivity contribution in [3.63, 3.8) is 0 Å². The Hall–Kier alpha value is -1.60. The second-order valence-electron chi connectivity index (χ2n) is 5.07. The Kier molecular flexibility index (Phi) is 5.19. The van der Waals surface area contributed by atoms with E-state index >= 15 is 0 Å². The Labute approximate surface area is 121 Å². The highest BCUT2D eigenvalue weighted by Gasteiger charge is 2.18. The summed E-state index contributed by atoms with van der Waals surface area (Å²) >= 11 is 0. The summed E-state index contributed by atoms with van der Waals surface area (Å²) in [5, 5.41) is 3.23. The number of hydrogen-bond acceptors (Lipinski definition) is 3. The maximum absolute atomic E-state index is 13.1. The van der Waals surface area contributed by atoms with E-state index in [-0.39, 0.29) is 5.56 Å². The van der Waals surface area contributed by atoms with Crippen LogP contribution in [0.3, 0.4) is 0 Å². The number of nitrogens with zero attached hydrogens (tertiary/aromatic N) is 2. The molecule has 1 amide bonds. The molecule has 116 valence electrons. The smallest absolute Gasteiger partial charge is 0.253 e. The first-order chi connectivity index (χ1) is 9.99. The summed E-state index contributed by atoms with van der Waals surface area (Å²) in [6.07, 6.45) is 0.